The van der Waals surface area contributed by atoms with Gasteiger partial charge in [-0.3, -0.25) is 0 Å². The highest BCUT2D eigenvalue weighted by atomic mass is 19.1. The molecule has 0 radical (unpaired) electrons. The molecule has 0 bridgehead atoms. The zero-order chi connectivity index (χ0) is 7.61. The van der Waals surface area contributed by atoms with Gasteiger partial charge in [-0.05, 0) is 12.2 Å². The van der Waals surface area contributed by atoms with Crippen molar-refractivity contribution in [3.63, 3.8) is 0 Å². The average molecular weight is 141 g/mol. The molecule has 1 aliphatic carbocycles. The van der Waals surface area contributed by atoms with Crippen LogP contribution in [0.5, 0.6) is 0 Å². The van der Waals surface area contributed by atoms with Crippen LogP contribution in [-0.2, 0) is 0 Å². The molecular weight excluding hydrogens is 136 g/mol. The van der Waals surface area contributed by atoms with Gasteiger partial charge in [0.1, 0.15) is 11.9 Å². The van der Waals surface area contributed by atoms with Crippen LogP contribution in [0.15, 0.2) is 24.1 Å². The van der Waals surface area contributed by atoms with Gasteiger partial charge < -0.3 is 0 Å². The van der Waals surface area contributed by atoms with Gasteiger partial charge in [-0.15, -0.1) is 0 Å². The first kappa shape index (κ1) is 6.94. The third kappa shape index (κ3) is 1.21. The predicted molar refractivity (Wildman–Crippen MR) is 32.4 cm³/mol. The van der Waals surface area contributed by atoms with E-state index in [0.29, 0.717) is 0 Å². The standard InChI is InChI=1S/C7H5F2N/c8-6-2-1-3-7(9,4-6)5-10/h1-3H,4H2. The molecule has 1 rings (SSSR count). The fraction of sp³-hybridized carbons (Fsp3) is 0.286. The number of alkyl halides is 1. The minimum atomic E-state index is -2.13. The number of nitriles is 1. The van der Waals surface area contributed by atoms with E-state index in [1.165, 1.54) is 12.1 Å². The summed E-state index contributed by atoms with van der Waals surface area (Å²) >= 11 is 0. The molecule has 0 fully saturated rings. The second-order valence-corrected chi connectivity index (χ2v) is 2.12. The minimum Gasteiger partial charge on any atom is -0.222 e. The van der Waals surface area contributed by atoms with Crippen LogP contribution in [0.3, 0.4) is 0 Å². The fourth-order valence-electron chi connectivity index (χ4n) is 0.745. The van der Waals surface area contributed by atoms with Crippen LogP contribution < -0.4 is 0 Å². The highest BCUT2D eigenvalue weighted by Crippen LogP contribution is 2.26. The first-order valence-electron chi connectivity index (χ1n) is 2.80. The summed E-state index contributed by atoms with van der Waals surface area (Å²) in [5.41, 5.74) is -2.13. The summed E-state index contributed by atoms with van der Waals surface area (Å²) in [5.74, 6) is -0.591. The lowest BCUT2D eigenvalue weighted by Gasteiger charge is -2.13. The summed E-state index contributed by atoms with van der Waals surface area (Å²) in [6.45, 7) is 0. The molecule has 0 amide bonds. The van der Waals surface area contributed by atoms with Gasteiger partial charge in [0.2, 0.25) is 5.67 Å². The second-order valence-electron chi connectivity index (χ2n) is 2.12. The Morgan fingerprint density at radius 1 is 1.70 bits per heavy atom. The molecule has 52 valence electrons. The fourth-order valence-corrected chi connectivity index (χ4v) is 0.745. The lowest BCUT2D eigenvalue weighted by Crippen LogP contribution is -2.18. The summed E-state index contributed by atoms with van der Waals surface area (Å²) in [5, 5.41) is 8.20. The Labute approximate surface area is 57.3 Å². The van der Waals surface area contributed by atoms with Gasteiger partial charge in [0.25, 0.3) is 0 Å². The lowest BCUT2D eigenvalue weighted by molar-refractivity contribution is 0.286. The zero-order valence-electron chi connectivity index (χ0n) is 5.14. The van der Waals surface area contributed by atoms with Crippen LogP contribution in [0.1, 0.15) is 6.42 Å². The Hall–Kier alpha value is -1.17. The lowest BCUT2D eigenvalue weighted by atomic mass is 9.99. The van der Waals surface area contributed by atoms with E-state index in [4.69, 9.17) is 5.26 Å². The van der Waals surface area contributed by atoms with E-state index < -0.39 is 17.9 Å². The second kappa shape index (κ2) is 2.22. The molecule has 0 aliphatic heterocycles. The minimum absolute atomic E-state index is 0.458. The maximum absolute atomic E-state index is 12.8. The molecule has 0 saturated heterocycles. The SMILES string of the molecule is N#CC1(F)C=CC=C(F)C1. The average Bonchev–Trinajstić information content (AvgIpc) is 1.88. The monoisotopic (exact) mass is 141 g/mol. The van der Waals surface area contributed by atoms with Gasteiger partial charge in [-0.1, -0.05) is 6.08 Å². The van der Waals surface area contributed by atoms with Gasteiger partial charge in [0.15, 0.2) is 0 Å². The number of halogens is 2. The molecule has 1 nitrogen and oxygen atoms in total. The molecule has 1 atom stereocenters. The Morgan fingerprint density at radius 3 is 2.80 bits per heavy atom. The van der Waals surface area contributed by atoms with Crippen molar-refractivity contribution < 1.29 is 8.78 Å². The Kier molecular flexibility index (Phi) is 1.54. The smallest absolute Gasteiger partial charge is 0.220 e. The van der Waals surface area contributed by atoms with E-state index in [1.807, 2.05) is 0 Å². The van der Waals surface area contributed by atoms with Crippen molar-refractivity contribution in [1.82, 2.24) is 0 Å². The normalized spacial score (nSPS) is 31.1. The van der Waals surface area contributed by atoms with Gasteiger partial charge in [0, 0.05) is 0 Å². The number of nitrogens with zero attached hydrogens (tertiary/aromatic N) is 1. The Bertz CT molecular complexity index is 236. The molecule has 1 unspecified atom stereocenters. The van der Waals surface area contributed by atoms with E-state index in [0.717, 1.165) is 12.2 Å². The van der Waals surface area contributed by atoms with Crippen LogP contribution >= 0.6 is 0 Å². The summed E-state index contributed by atoms with van der Waals surface area (Å²) in [7, 11) is 0. The summed E-state index contributed by atoms with van der Waals surface area (Å²) < 4.78 is 25.1. The van der Waals surface area contributed by atoms with Gasteiger partial charge in [-0.25, -0.2) is 8.78 Å². The highest BCUT2D eigenvalue weighted by molar-refractivity contribution is 5.28. The molecule has 0 aromatic heterocycles. The van der Waals surface area contributed by atoms with Gasteiger partial charge >= 0.3 is 0 Å². The molecule has 0 heterocycles. The molecular formula is C7H5F2N. The van der Waals surface area contributed by atoms with Crippen LogP contribution in [0.2, 0.25) is 0 Å². The van der Waals surface area contributed by atoms with E-state index in [9.17, 15) is 8.78 Å². The third-order valence-electron chi connectivity index (χ3n) is 1.25. The molecule has 1 aliphatic rings. The van der Waals surface area contributed by atoms with Gasteiger partial charge in [-0.2, -0.15) is 5.26 Å². The molecule has 0 aromatic carbocycles. The maximum Gasteiger partial charge on any atom is 0.220 e. The first-order chi connectivity index (χ1) is 4.66. The van der Waals surface area contributed by atoms with E-state index in [2.05, 4.69) is 0 Å². The number of allylic oxidation sites excluding steroid dienone is 4. The summed E-state index contributed by atoms with van der Waals surface area (Å²) in [6, 6.07) is 1.38. The molecule has 3 heteroatoms. The van der Waals surface area contributed by atoms with Crippen molar-refractivity contribution in [1.29, 1.82) is 5.26 Å². The van der Waals surface area contributed by atoms with Crippen LogP contribution in [-0.4, -0.2) is 5.67 Å². The Balaban J connectivity index is 2.84. The molecule has 0 saturated carbocycles. The van der Waals surface area contributed by atoms with Gasteiger partial charge in [0.05, 0.1) is 6.42 Å². The summed E-state index contributed by atoms with van der Waals surface area (Å²) in [4.78, 5) is 0. The van der Waals surface area contributed by atoms with Crippen LogP contribution in [0.4, 0.5) is 8.78 Å². The predicted octanol–water partition coefficient (Wildman–Crippen LogP) is 2.03. The van der Waals surface area contributed by atoms with Crippen LogP contribution in [0, 0.1) is 11.3 Å². The van der Waals surface area contributed by atoms with Crippen molar-refractivity contribution in [2.45, 2.75) is 12.1 Å². The zero-order valence-corrected chi connectivity index (χ0v) is 5.14. The van der Waals surface area contributed by atoms with Crippen molar-refractivity contribution in [2.24, 2.45) is 0 Å². The largest absolute Gasteiger partial charge is 0.222 e. The van der Waals surface area contributed by atoms with Crippen LogP contribution in [0.25, 0.3) is 0 Å². The molecule has 0 spiro atoms. The van der Waals surface area contributed by atoms with E-state index >= 15 is 0 Å². The number of rotatable bonds is 0. The van der Waals surface area contributed by atoms with Crippen molar-refractivity contribution in [3.05, 3.63) is 24.1 Å². The highest BCUT2D eigenvalue weighted by Gasteiger charge is 2.29. The summed E-state index contributed by atoms with van der Waals surface area (Å²) in [6.07, 6.45) is 2.95. The molecule has 0 aromatic rings. The van der Waals surface area contributed by atoms with E-state index in [-0.39, 0.29) is 0 Å². The third-order valence-corrected chi connectivity index (χ3v) is 1.25. The Morgan fingerprint density at radius 2 is 2.40 bits per heavy atom. The van der Waals surface area contributed by atoms with Crippen molar-refractivity contribution >= 4 is 0 Å². The first-order valence-corrected chi connectivity index (χ1v) is 2.80. The van der Waals surface area contributed by atoms with Crippen molar-refractivity contribution in [3.8, 4) is 6.07 Å². The topological polar surface area (TPSA) is 23.8 Å². The molecule has 0 N–H and O–H groups in total. The van der Waals surface area contributed by atoms with Crippen molar-refractivity contribution in [2.75, 3.05) is 0 Å². The number of hydrogen-bond donors (Lipinski definition) is 0. The van der Waals surface area contributed by atoms with E-state index in [1.54, 1.807) is 0 Å². The maximum atomic E-state index is 12.8. The molecule has 10 heavy (non-hydrogen) atoms. The number of hydrogen-bond acceptors (Lipinski definition) is 1. The quantitative estimate of drug-likeness (QED) is 0.506.